The Kier molecular flexibility index (Phi) is 5.43. The number of thioether (sulfide) groups is 2. The van der Waals surface area contributed by atoms with Crippen molar-refractivity contribution in [2.75, 3.05) is 17.4 Å². The molecule has 4 aliphatic rings. The highest BCUT2D eigenvalue weighted by atomic mass is 32.2. The second kappa shape index (κ2) is 7.63. The molecule has 4 aliphatic carbocycles. The van der Waals surface area contributed by atoms with Crippen molar-refractivity contribution in [3.05, 3.63) is 43.0 Å². The maximum absolute atomic E-state index is 11.6. The van der Waals surface area contributed by atoms with E-state index in [0.717, 1.165) is 16.9 Å². The van der Waals surface area contributed by atoms with Crippen molar-refractivity contribution in [3.8, 4) is 0 Å². The number of carbonyl (C=O) groups is 1. The number of carbonyl (C=O) groups excluding carboxylic acids is 1. The molecule has 4 fully saturated rings. The molecular weight excluding hydrogens is 360 g/mol. The topological polar surface area (TPSA) is 26.3 Å². The van der Waals surface area contributed by atoms with Crippen molar-refractivity contribution in [1.82, 2.24) is 0 Å². The van der Waals surface area contributed by atoms with Gasteiger partial charge in [-0.15, -0.1) is 11.8 Å². The minimum Gasteiger partial charge on any atom is -0.462 e. The van der Waals surface area contributed by atoms with Gasteiger partial charge in [-0.05, 0) is 73.7 Å². The van der Waals surface area contributed by atoms with Gasteiger partial charge in [-0.1, -0.05) is 24.8 Å². The van der Waals surface area contributed by atoms with Gasteiger partial charge in [0.25, 0.3) is 0 Å². The van der Waals surface area contributed by atoms with Gasteiger partial charge in [-0.3, -0.25) is 0 Å². The van der Waals surface area contributed by atoms with Crippen molar-refractivity contribution >= 4 is 29.5 Å². The minimum absolute atomic E-state index is 0.246. The Bertz CT molecular complexity index is 643. The molecule has 0 N–H and O–H groups in total. The number of esters is 1. The second-order valence-corrected chi connectivity index (χ2v) is 11.1. The van der Waals surface area contributed by atoms with E-state index in [1.165, 1.54) is 55.2 Å². The number of hydrogen-bond donors (Lipinski definition) is 0. The molecule has 4 saturated carbocycles. The molecule has 5 rings (SSSR count). The van der Waals surface area contributed by atoms with Gasteiger partial charge in [-0.25, -0.2) is 4.79 Å². The minimum atomic E-state index is -0.261. The van der Waals surface area contributed by atoms with Crippen LogP contribution in [0.3, 0.4) is 0 Å². The van der Waals surface area contributed by atoms with Crippen LogP contribution in [-0.4, -0.2) is 23.4 Å². The molecule has 4 bridgehead atoms. The zero-order valence-corrected chi connectivity index (χ0v) is 17.0. The first-order valence-electron chi connectivity index (χ1n) is 9.65. The van der Waals surface area contributed by atoms with Crippen LogP contribution in [0, 0.1) is 22.7 Å². The molecule has 2 unspecified atom stereocenters. The van der Waals surface area contributed by atoms with E-state index in [4.69, 9.17) is 4.74 Å². The molecular formula is C22H28O2S2. The Hall–Kier alpha value is -0.870. The molecule has 0 aromatic heterocycles. The number of rotatable bonds is 8. The quantitative estimate of drug-likeness (QED) is 0.185. The maximum atomic E-state index is 11.6. The molecule has 2 atom stereocenters. The van der Waals surface area contributed by atoms with Gasteiger partial charge in [-0.2, -0.15) is 11.8 Å². The van der Waals surface area contributed by atoms with Crippen molar-refractivity contribution in [2.45, 2.75) is 43.4 Å². The summed E-state index contributed by atoms with van der Waals surface area (Å²) in [6, 6.07) is 10.7. The van der Waals surface area contributed by atoms with Gasteiger partial charge in [0.2, 0.25) is 0 Å². The second-order valence-electron chi connectivity index (χ2n) is 8.70. The van der Waals surface area contributed by atoms with E-state index in [0.29, 0.717) is 12.0 Å². The highest BCUT2D eigenvalue weighted by Gasteiger charge is 2.57. The predicted molar refractivity (Wildman–Crippen MR) is 110 cm³/mol. The fraction of sp³-hybridized carbons (Fsp3) is 0.591. The third kappa shape index (κ3) is 4.01. The zero-order valence-electron chi connectivity index (χ0n) is 15.3. The predicted octanol–water partition coefficient (Wildman–Crippen LogP) is 5.79. The van der Waals surface area contributed by atoms with Crippen LogP contribution < -0.4 is 0 Å². The Labute approximate surface area is 165 Å². The maximum Gasteiger partial charge on any atom is 0.330 e. The highest BCUT2D eigenvalue weighted by Crippen LogP contribution is 2.66. The Morgan fingerprint density at radius 2 is 1.85 bits per heavy atom. The smallest absolute Gasteiger partial charge is 0.330 e. The van der Waals surface area contributed by atoms with Crippen LogP contribution in [-0.2, 0) is 9.53 Å². The van der Waals surface area contributed by atoms with Crippen LogP contribution in [0.4, 0.5) is 0 Å². The van der Waals surface area contributed by atoms with Gasteiger partial charge >= 0.3 is 5.97 Å². The van der Waals surface area contributed by atoms with Gasteiger partial charge in [0.15, 0.2) is 0 Å². The zero-order chi connectivity index (χ0) is 18.0. The van der Waals surface area contributed by atoms with Gasteiger partial charge in [0, 0.05) is 21.5 Å². The van der Waals surface area contributed by atoms with E-state index >= 15 is 0 Å². The van der Waals surface area contributed by atoms with Gasteiger partial charge in [0.1, 0.15) is 0 Å². The third-order valence-corrected chi connectivity index (χ3v) is 9.01. The molecule has 0 aliphatic heterocycles. The highest BCUT2D eigenvalue weighted by molar-refractivity contribution is 8.16. The third-order valence-electron chi connectivity index (χ3n) is 6.45. The van der Waals surface area contributed by atoms with Crippen LogP contribution in [0.15, 0.2) is 47.9 Å². The fourth-order valence-corrected chi connectivity index (χ4v) is 8.49. The largest absolute Gasteiger partial charge is 0.462 e. The van der Waals surface area contributed by atoms with Crippen LogP contribution in [0.1, 0.15) is 38.5 Å². The Balaban J connectivity index is 1.35. The lowest BCUT2D eigenvalue weighted by molar-refractivity contribution is -0.157. The van der Waals surface area contributed by atoms with E-state index in [-0.39, 0.29) is 11.4 Å². The van der Waals surface area contributed by atoms with E-state index in [1.54, 1.807) is 0 Å². The molecule has 0 saturated heterocycles. The molecule has 1 aromatic carbocycles. The van der Waals surface area contributed by atoms with Crippen molar-refractivity contribution in [1.29, 1.82) is 0 Å². The summed E-state index contributed by atoms with van der Waals surface area (Å²) in [5.41, 5.74) is 0.725. The van der Waals surface area contributed by atoms with E-state index in [2.05, 4.69) is 48.7 Å². The molecule has 2 nitrogen and oxygen atoms in total. The van der Waals surface area contributed by atoms with Crippen LogP contribution >= 0.6 is 23.5 Å². The van der Waals surface area contributed by atoms with E-state index in [9.17, 15) is 4.79 Å². The van der Waals surface area contributed by atoms with Crippen molar-refractivity contribution in [2.24, 2.45) is 22.7 Å². The Morgan fingerprint density at radius 1 is 1.15 bits per heavy atom. The van der Waals surface area contributed by atoms with E-state index < -0.39 is 0 Å². The lowest BCUT2D eigenvalue weighted by Crippen LogP contribution is -2.54. The first-order valence-corrected chi connectivity index (χ1v) is 11.8. The lowest BCUT2D eigenvalue weighted by atomic mass is 9.45. The molecule has 0 amide bonds. The first kappa shape index (κ1) is 18.5. The summed E-state index contributed by atoms with van der Waals surface area (Å²) in [5, 5.41) is 1.12. The molecule has 0 heterocycles. The van der Waals surface area contributed by atoms with Gasteiger partial charge in [0.05, 0.1) is 6.61 Å². The molecule has 0 spiro atoms. The first-order chi connectivity index (χ1) is 12.6. The summed E-state index contributed by atoms with van der Waals surface area (Å²) in [4.78, 5) is 12.9. The summed E-state index contributed by atoms with van der Waals surface area (Å²) in [6.45, 7) is 4.14. The number of hydrogen-bond acceptors (Lipinski definition) is 4. The standard InChI is InChI=1S/C22H28O2S2/c1-2-20(23)24-14-21-9-17-8-18(10-21)12-22(11-17,13-21)15-25-16-26-19-6-4-3-5-7-19/h2-7,17-18H,1,8-16H2. The molecule has 1 aromatic rings. The fourth-order valence-electron chi connectivity index (χ4n) is 6.15. The van der Waals surface area contributed by atoms with Crippen LogP contribution in [0.2, 0.25) is 0 Å². The number of benzene rings is 1. The molecule has 0 radical (unpaired) electrons. The van der Waals surface area contributed by atoms with E-state index in [1.807, 2.05) is 11.8 Å². The Morgan fingerprint density at radius 3 is 2.54 bits per heavy atom. The van der Waals surface area contributed by atoms with Crippen molar-refractivity contribution in [3.63, 3.8) is 0 Å². The monoisotopic (exact) mass is 388 g/mol. The summed E-state index contributed by atoms with van der Waals surface area (Å²) < 4.78 is 5.54. The lowest BCUT2D eigenvalue weighted by Gasteiger charge is -2.62. The molecule has 26 heavy (non-hydrogen) atoms. The molecule has 140 valence electrons. The van der Waals surface area contributed by atoms with Crippen LogP contribution in [0.5, 0.6) is 0 Å². The summed E-state index contributed by atoms with van der Waals surface area (Å²) >= 11 is 4.05. The summed E-state index contributed by atoms with van der Waals surface area (Å²) in [6.07, 6.45) is 9.27. The number of ether oxygens (including phenoxy) is 1. The van der Waals surface area contributed by atoms with Crippen LogP contribution in [0.25, 0.3) is 0 Å². The average molecular weight is 389 g/mol. The molecule has 4 heteroatoms. The summed E-state index contributed by atoms with van der Waals surface area (Å²) in [7, 11) is 0. The normalized spacial score (nSPS) is 34.6. The summed E-state index contributed by atoms with van der Waals surface area (Å²) in [5.74, 6) is 2.70. The van der Waals surface area contributed by atoms with Crippen molar-refractivity contribution < 1.29 is 9.53 Å². The SMILES string of the molecule is C=CC(=O)OCC12CC3CC(C1)CC(CSCSc1ccccc1)(C3)C2. The average Bonchev–Trinajstić information content (AvgIpc) is 2.63. The van der Waals surface area contributed by atoms with Gasteiger partial charge < -0.3 is 4.74 Å².